The summed E-state index contributed by atoms with van der Waals surface area (Å²) in [5.41, 5.74) is 2.62. The molecule has 1 aromatic heterocycles. The van der Waals surface area contributed by atoms with Crippen LogP contribution < -0.4 is 5.32 Å². The third kappa shape index (κ3) is 3.75. The summed E-state index contributed by atoms with van der Waals surface area (Å²) in [6.45, 7) is 2.62. The molecule has 0 spiro atoms. The maximum absolute atomic E-state index is 12.8. The zero-order valence-corrected chi connectivity index (χ0v) is 17.1. The van der Waals surface area contributed by atoms with Crippen molar-refractivity contribution in [2.24, 2.45) is 0 Å². The van der Waals surface area contributed by atoms with Crippen LogP contribution in [0.4, 0.5) is 5.13 Å². The van der Waals surface area contributed by atoms with Crippen LogP contribution in [0.2, 0.25) is 0 Å². The van der Waals surface area contributed by atoms with Gasteiger partial charge in [0.15, 0.2) is 5.13 Å². The van der Waals surface area contributed by atoms with E-state index in [-0.39, 0.29) is 11.8 Å². The molecule has 1 aliphatic heterocycles. The summed E-state index contributed by atoms with van der Waals surface area (Å²) in [5, 5.41) is 3.48. The van der Waals surface area contributed by atoms with Gasteiger partial charge >= 0.3 is 0 Å². The van der Waals surface area contributed by atoms with Crippen molar-refractivity contribution < 1.29 is 9.59 Å². The van der Waals surface area contributed by atoms with E-state index in [0.29, 0.717) is 23.7 Å². The lowest BCUT2D eigenvalue weighted by Crippen LogP contribution is -2.43. The Balaban J connectivity index is 1.51. The molecule has 3 aromatic rings. The lowest BCUT2D eigenvalue weighted by atomic mass is 10.1. The van der Waals surface area contributed by atoms with Crippen LogP contribution in [-0.2, 0) is 4.79 Å². The Hall–Kier alpha value is -2.25. The van der Waals surface area contributed by atoms with Crippen molar-refractivity contribution in [3.63, 3.8) is 0 Å². The molecule has 0 bridgehead atoms. The van der Waals surface area contributed by atoms with Gasteiger partial charge in [-0.25, -0.2) is 4.98 Å². The minimum atomic E-state index is -0.463. The molecule has 4 rings (SSSR count). The van der Waals surface area contributed by atoms with Crippen molar-refractivity contribution in [1.29, 1.82) is 0 Å². The van der Waals surface area contributed by atoms with Crippen LogP contribution in [0.3, 0.4) is 0 Å². The Labute approximate surface area is 169 Å². The first kappa shape index (κ1) is 18.1. The van der Waals surface area contributed by atoms with E-state index in [0.717, 1.165) is 26.7 Å². The van der Waals surface area contributed by atoms with E-state index in [4.69, 9.17) is 0 Å². The first-order valence-electron chi connectivity index (χ1n) is 8.76. The predicted molar refractivity (Wildman–Crippen MR) is 111 cm³/mol. The number of nitrogens with zero attached hydrogens (tertiary/aromatic N) is 2. The minimum Gasteiger partial charge on any atom is -0.327 e. The highest BCUT2D eigenvalue weighted by Gasteiger charge is 2.34. The lowest BCUT2D eigenvalue weighted by molar-refractivity contribution is -0.119. The molecule has 1 aliphatic rings. The molecule has 0 aliphatic carbocycles. The molecule has 7 heteroatoms. The van der Waals surface area contributed by atoms with E-state index in [1.807, 2.05) is 31.2 Å². The van der Waals surface area contributed by atoms with Crippen molar-refractivity contribution in [2.75, 3.05) is 11.9 Å². The molecule has 27 heavy (non-hydrogen) atoms. The van der Waals surface area contributed by atoms with Gasteiger partial charge in [0.25, 0.3) is 5.91 Å². The highest BCUT2D eigenvalue weighted by atomic mass is 79.9. The monoisotopic (exact) mass is 443 g/mol. The van der Waals surface area contributed by atoms with Crippen LogP contribution in [0.25, 0.3) is 10.2 Å². The highest BCUT2D eigenvalue weighted by molar-refractivity contribution is 9.10. The Bertz CT molecular complexity index is 1020. The van der Waals surface area contributed by atoms with Crippen LogP contribution in [0.15, 0.2) is 46.9 Å². The number of fused-ring (bicyclic) bond motifs is 1. The molecule has 1 saturated heterocycles. The Morgan fingerprint density at radius 2 is 2.00 bits per heavy atom. The van der Waals surface area contributed by atoms with Gasteiger partial charge in [-0.15, -0.1) is 0 Å². The van der Waals surface area contributed by atoms with Crippen LogP contribution in [0.1, 0.15) is 28.8 Å². The second kappa shape index (κ2) is 7.40. The smallest absolute Gasteiger partial charge is 0.254 e. The summed E-state index contributed by atoms with van der Waals surface area (Å²) in [5.74, 6) is -0.284. The second-order valence-corrected chi connectivity index (χ2v) is 8.59. The molecule has 1 fully saturated rings. The number of aromatic nitrogens is 1. The minimum absolute atomic E-state index is 0.111. The molecular formula is C20H18BrN3O2S. The molecule has 2 heterocycles. The molecule has 2 aromatic carbocycles. The molecule has 1 atom stereocenters. The number of likely N-dealkylation sites (tertiary alicyclic amines) is 1. The van der Waals surface area contributed by atoms with E-state index < -0.39 is 6.04 Å². The predicted octanol–water partition coefficient (Wildman–Crippen LogP) is 4.61. The van der Waals surface area contributed by atoms with Crippen LogP contribution in [0, 0.1) is 6.92 Å². The summed E-state index contributed by atoms with van der Waals surface area (Å²) in [4.78, 5) is 31.8. The zero-order valence-electron chi connectivity index (χ0n) is 14.7. The fourth-order valence-electron chi connectivity index (χ4n) is 3.31. The number of carbonyl (C=O) groups is 2. The molecule has 0 saturated carbocycles. The average molecular weight is 444 g/mol. The molecular weight excluding hydrogens is 426 g/mol. The number of thiazole rings is 1. The van der Waals surface area contributed by atoms with Crippen LogP contribution >= 0.6 is 27.3 Å². The van der Waals surface area contributed by atoms with Crippen LogP contribution in [0.5, 0.6) is 0 Å². The summed E-state index contributed by atoms with van der Waals surface area (Å²) >= 11 is 4.83. The number of hydrogen-bond acceptors (Lipinski definition) is 4. The quantitative estimate of drug-likeness (QED) is 0.642. The Morgan fingerprint density at radius 3 is 2.78 bits per heavy atom. The zero-order chi connectivity index (χ0) is 19.0. The number of nitrogens with one attached hydrogen (secondary N) is 1. The number of rotatable bonds is 3. The molecule has 5 nitrogen and oxygen atoms in total. The van der Waals surface area contributed by atoms with Crippen LogP contribution in [-0.4, -0.2) is 34.3 Å². The van der Waals surface area contributed by atoms with E-state index in [2.05, 4.69) is 32.3 Å². The van der Waals surface area contributed by atoms with Gasteiger partial charge in [-0.1, -0.05) is 33.3 Å². The third-order valence-corrected chi connectivity index (χ3v) is 6.14. The Kier molecular flexibility index (Phi) is 4.97. The molecule has 1 N–H and O–H groups in total. The highest BCUT2D eigenvalue weighted by Crippen LogP contribution is 2.28. The fraction of sp³-hybridized carbons (Fsp3) is 0.250. The lowest BCUT2D eigenvalue weighted by Gasteiger charge is -2.23. The SMILES string of the molecule is Cc1ccc2nc(NC(=O)C3CCCN3C(=O)c3ccc(Br)cc3)sc2c1. The summed E-state index contributed by atoms with van der Waals surface area (Å²) < 4.78 is 1.96. The van der Waals surface area contributed by atoms with Gasteiger partial charge in [0, 0.05) is 16.6 Å². The number of benzene rings is 2. The van der Waals surface area contributed by atoms with Gasteiger partial charge < -0.3 is 10.2 Å². The summed E-state index contributed by atoms with van der Waals surface area (Å²) in [6, 6.07) is 12.8. The summed E-state index contributed by atoms with van der Waals surface area (Å²) in [7, 11) is 0. The number of carbonyl (C=O) groups excluding carboxylic acids is 2. The Morgan fingerprint density at radius 1 is 1.22 bits per heavy atom. The van der Waals surface area contributed by atoms with Gasteiger partial charge in [-0.2, -0.15) is 0 Å². The van der Waals surface area contributed by atoms with Gasteiger partial charge in [0.05, 0.1) is 10.2 Å². The number of amides is 2. The van der Waals surface area contributed by atoms with Crippen molar-refractivity contribution in [3.8, 4) is 0 Å². The van der Waals surface area contributed by atoms with E-state index >= 15 is 0 Å². The number of anilines is 1. The number of aryl methyl sites for hydroxylation is 1. The number of hydrogen-bond donors (Lipinski definition) is 1. The number of halogens is 1. The summed E-state index contributed by atoms with van der Waals surface area (Å²) in [6.07, 6.45) is 1.48. The third-order valence-electron chi connectivity index (χ3n) is 4.68. The molecule has 2 amide bonds. The van der Waals surface area contributed by atoms with Crippen molar-refractivity contribution in [2.45, 2.75) is 25.8 Å². The van der Waals surface area contributed by atoms with Crippen molar-refractivity contribution in [1.82, 2.24) is 9.88 Å². The standard InChI is InChI=1S/C20H18BrN3O2S/c1-12-4-9-15-17(11-12)27-20(22-15)23-18(25)16-3-2-10-24(16)19(26)13-5-7-14(21)8-6-13/h4-9,11,16H,2-3,10H2,1H3,(H,22,23,25). The van der Waals surface area contributed by atoms with E-state index in [1.54, 1.807) is 17.0 Å². The average Bonchev–Trinajstić information content (AvgIpc) is 3.27. The van der Waals surface area contributed by atoms with Crippen molar-refractivity contribution >= 4 is 54.4 Å². The maximum atomic E-state index is 12.8. The van der Waals surface area contributed by atoms with Gasteiger partial charge in [-0.05, 0) is 61.7 Å². The van der Waals surface area contributed by atoms with Crippen molar-refractivity contribution in [3.05, 3.63) is 58.1 Å². The largest absolute Gasteiger partial charge is 0.327 e. The first-order valence-corrected chi connectivity index (χ1v) is 10.4. The van der Waals surface area contributed by atoms with E-state index in [9.17, 15) is 9.59 Å². The maximum Gasteiger partial charge on any atom is 0.254 e. The normalized spacial score (nSPS) is 16.7. The van der Waals surface area contributed by atoms with Gasteiger partial charge in [0.2, 0.25) is 5.91 Å². The topological polar surface area (TPSA) is 62.3 Å². The molecule has 1 unspecified atom stereocenters. The molecule has 0 radical (unpaired) electrons. The van der Waals surface area contributed by atoms with Gasteiger partial charge in [0.1, 0.15) is 6.04 Å². The molecule has 138 valence electrons. The first-order chi connectivity index (χ1) is 13.0. The van der Waals surface area contributed by atoms with Gasteiger partial charge in [-0.3, -0.25) is 9.59 Å². The fourth-order valence-corrected chi connectivity index (χ4v) is 4.55. The van der Waals surface area contributed by atoms with E-state index in [1.165, 1.54) is 11.3 Å². The second-order valence-electron chi connectivity index (χ2n) is 6.64.